The molecule has 2 aliphatic heterocycles. The van der Waals surface area contributed by atoms with Gasteiger partial charge in [0.1, 0.15) is 6.10 Å². The van der Waals surface area contributed by atoms with E-state index in [1.165, 1.54) is 36.1 Å². The Kier molecular flexibility index (Phi) is 6.46. The molecule has 0 radical (unpaired) electrons. The van der Waals surface area contributed by atoms with Crippen molar-refractivity contribution in [2.75, 3.05) is 29.9 Å². The Bertz CT molecular complexity index is 1350. The molecule has 2 aromatic heterocycles. The monoisotopic (exact) mass is 537 g/mol. The van der Waals surface area contributed by atoms with E-state index in [0.717, 1.165) is 0 Å². The molecule has 2 aliphatic rings. The van der Waals surface area contributed by atoms with Crippen LogP contribution in [0.3, 0.4) is 0 Å². The molecule has 7 nitrogen and oxygen atoms in total. The van der Waals surface area contributed by atoms with E-state index in [4.69, 9.17) is 4.74 Å². The molecule has 5 rings (SSSR count). The van der Waals surface area contributed by atoms with Gasteiger partial charge in [0.25, 0.3) is 5.92 Å². The van der Waals surface area contributed by atoms with Gasteiger partial charge in [-0.3, -0.25) is 0 Å². The van der Waals surface area contributed by atoms with Gasteiger partial charge in [-0.1, -0.05) is 18.2 Å². The molecule has 12 heteroatoms. The topological polar surface area (TPSA) is 83.4 Å². The van der Waals surface area contributed by atoms with E-state index < -0.39 is 35.5 Å². The van der Waals surface area contributed by atoms with Gasteiger partial charge >= 0.3 is 6.18 Å². The number of β-amino-alcohol motifs (C(OH)–C–C–N with tert-alkyl or cyclic N) is 1. The number of ether oxygens (including phenoxy) is 1. The number of anilines is 2. The number of nitrogens with zero attached hydrogens (tertiary/aromatic N) is 4. The van der Waals surface area contributed by atoms with E-state index in [0.29, 0.717) is 24.0 Å². The lowest BCUT2D eigenvalue weighted by Gasteiger charge is -2.46. The maximum Gasteiger partial charge on any atom is 0.435 e. The smallest absolute Gasteiger partial charge is 0.386 e. The SMILES string of the molecule is Cc1nnc(N[C@H](C)c2cccc(C(F)(F)C3CCCO3)c2)c2cc(N3CC(C)(O)C3)c(C(F)(F)F)nc12. The minimum Gasteiger partial charge on any atom is -0.386 e. The van der Waals surface area contributed by atoms with Crippen LogP contribution in [0.15, 0.2) is 30.3 Å². The van der Waals surface area contributed by atoms with Gasteiger partial charge in [0.2, 0.25) is 0 Å². The van der Waals surface area contributed by atoms with Crippen LogP contribution in [0.4, 0.5) is 33.5 Å². The highest BCUT2D eigenvalue weighted by Crippen LogP contribution is 2.42. The van der Waals surface area contributed by atoms with Crippen molar-refractivity contribution in [1.82, 2.24) is 15.2 Å². The quantitative estimate of drug-likeness (QED) is 0.409. The summed E-state index contributed by atoms with van der Waals surface area (Å²) in [6, 6.07) is 6.79. The molecule has 0 amide bonds. The maximum absolute atomic E-state index is 15.0. The Morgan fingerprint density at radius 1 is 1.16 bits per heavy atom. The lowest BCUT2D eigenvalue weighted by atomic mass is 9.95. The Balaban J connectivity index is 1.50. The number of rotatable bonds is 6. The number of nitrogens with one attached hydrogen (secondary N) is 1. The average Bonchev–Trinajstić information content (AvgIpc) is 3.39. The van der Waals surface area contributed by atoms with E-state index in [2.05, 4.69) is 20.5 Å². The van der Waals surface area contributed by atoms with E-state index in [9.17, 15) is 18.3 Å². The second-order valence-electron chi connectivity index (χ2n) is 10.4. The molecular weight excluding hydrogens is 509 g/mol. The summed E-state index contributed by atoms with van der Waals surface area (Å²) >= 11 is 0. The van der Waals surface area contributed by atoms with Crippen molar-refractivity contribution in [1.29, 1.82) is 0 Å². The van der Waals surface area contributed by atoms with Crippen molar-refractivity contribution in [2.45, 2.75) is 63.5 Å². The second kappa shape index (κ2) is 9.26. The van der Waals surface area contributed by atoms with Gasteiger partial charge < -0.3 is 20.1 Å². The number of halogens is 5. The molecule has 2 fully saturated rings. The zero-order valence-electron chi connectivity index (χ0n) is 21.1. The van der Waals surface area contributed by atoms with Crippen molar-refractivity contribution < 1.29 is 31.8 Å². The normalized spacial score (nSPS) is 20.4. The van der Waals surface area contributed by atoms with Crippen LogP contribution in [-0.2, 0) is 16.8 Å². The maximum atomic E-state index is 15.0. The fourth-order valence-corrected chi connectivity index (χ4v) is 5.04. The molecule has 1 aromatic carbocycles. The Hall–Kier alpha value is -3.12. The third kappa shape index (κ3) is 4.86. The van der Waals surface area contributed by atoms with Crippen LogP contribution in [-0.4, -0.2) is 51.7 Å². The van der Waals surface area contributed by atoms with Crippen molar-refractivity contribution in [3.63, 3.8) is 0 Å². The van der Waals surface area contributed by atoms with Crippen LogP contribution < -0.4 is 10.2 Å². The van der Waals surface area contributed by atoms with Gasteiger partial charge in [-0.05, 0) is 51.3 Å². The van der Waals surface area contributed by atoms with Gasteiger partial charge in [0.15, 0.2) is 11.5 Å². The van der Waals surface area contributed by atoms with Gasteiger partial charge in [0, 0.05) is 30.6 Å². The molecule has 38 heavy (non-hydrogen) atoms. The molecule has 2 saturated heterocycles. The molecular formula is C26H28F5N5O2. The molecule has 0 saturated carbocycles. The molecule has 2 atom stereocenters. The lowest BCUT2D eigenvalue weighted by molar-refractivity contribution is -0.140. The van der Waals surface area contributed by atoms with E-state index >= 15 is 8.78 Å². The van der Waals surface area contributed by atoms with Crippen LogP contribution in [0, 0.1) is 6.92 Å². The van der Waals surface area contributed by atoms with Crippen molar-refractivity contribution >= 4 is 22.4 Å². The lowest BCUT2D eigenvalue weighted by Crippen LogP contribution is -2.60. The average molecular weight is 538 g/mol. The van der Waals surface area contributed by atoms with Crippen LogP contribution in [0.1, 0.15) is 55.2 Å². The minimum atomic E-state index is -4.73. The van der Waals surface area contributed by atoms with Gasteiger partial charge in [-0.15, -0.1) is 5.10 Å². The first-order valence-corrected chi connectivity index (χ1v) is 12.4. The zero-order chi connectivity index (χ0) is 27.5. The van der Waals surface area contributed by atoms with E-state index in [1.54, 1.807) is 19.9 Å². The number of aliphatic hydroxyl groups is 1. The predicted octanol–water partition coefficient (Wildman–Crippen LogP) is 5.37. The molecule has 0 bridgehead atoms. The van der Waals surface area contributed by atoms with Gasteiger partial charge in [0.05, 0.1) is 28.5 Å². The fraction of sp³-hybridized carbons (Fsp3) is 0.500. The molecule has 2 N–H and O–H groups in total. The number of pyridine rings is 1. The van der Waals surface area contributed by atoms with Crippen molar-refractivity contribution in [2.24, 2.45) is 0 Å². The molecule has 4 heterocycles. The number of fused-ring (bicyclic) bond motifs is 1. The van der Waals surface area contributed by atoms with Crippen LogP contribution in [0.2, 0.25) is 0 Å². The van der Waals surface area contributed by atoms with Crippen molar-refractivity contribution in [3.05, 3.63) is 52.8 Å². The first-order chi connectivity index (χ1) is 17.8. The summed E-state index contributed by atoms with van der Waals surface area (Å²) in [7, 11) is 0. The number of aromatic nitrogens is 3. The summed E-state index contributed by atoms with van der Waals surface area (Å²) in [6.07, 6.45) is -5.05. The number of alkyl halides is 5. The van der Waals surface area contributed by atoms with Crippen molar-refractivity contribution in [3.8, 4) is 0 Å². The summed E-state index contributed by atoms with van der Waals surface area (Å²) in [5, 5.41) is 21.7. The molecule has 1 unspecified atom stereocenters. The number of benzene rings is 1. The highest BCUT2D eigenvalue weighted by Gasteiger charge is 2.45. The summed E-state index contributed by atoms with van der Waals surface area (Å²) in [4.78, 5) is 5.34. The summed E-state index contributed by atoms with van der Waals surface area (Å²) in [5.41, 5.74) is -1.73. The number of hydrogen-bond acceptors (Lipinski definition) is 7. The Morgan fingerprint density at radius 2 is 1.89 bits per heavy atom. The standard InChI is InChI=1S/C26H28F5N5O2/c1-14(16-6-4-7-17(10-16)25(27,28)20-8-5-9-38-20)32-23-18-11-19(36-12-24(3,37)13-36)22(26(29,30)31)33-21(18)15(2)34-35-23/h4,6-7,10-11,14,20,37H,5,8-9,12-13H2,1-3H3,(H,32,35)/t14-,20?/m1/s1. The van der Waals surface area contributed by atoms with E-state index in [-0.39, 0.29) is 47.8 Å². The summed E-state index contributed by atoms with van der Waals surface area (Å²) < 4.78 is 77.1. The summed E-state index contributed by atoms with van der Waals surface area (Å²) in [5.74, 6) is -2.99. The number of hydrogen-bond donors (Lipinski definition) is 2. The molecule has 0 spiro atoms. The van der Waals surface area contributed by atoms with Gasteiger partial charge in [-0.25, -0.2) is 4.98 Å². The van der Waals surface area contributed by atoms with Gasteiger partial charge in [-0.2, -0.15) is 27.1 Å². The Labute approximate surface area is 216 Å². The molecule has 3 aromatic rings. The highest BCUT2D eigenvalue weighted by atomic mass is 19.4. The number of aryl methyl sites for hydroxylation is 1. The van der Waals surface area contributed by atoms with Crippen LogP contribution >= 0.6 is 0 Å². The minimum absolute atomic E-state index is 0.0195. The Morgan fingerprint density at radius 3 is 2.53 bits per heavy atom. The van der Waals surface area contributed by atoms with Crippen LogP contribution in [0.5, 0.6) is 0 Å². The molecule has 204 valence electrons. The second-order valence-corrected chi connectivity index (χ2v) is 10.4. The van der Waals surface area contributed by atoms with Crippen LogP contribution in [0.25, 0.3) is 10.9 Å². The predicted molar refractivity (Wildman–Crippen MR) is 131 cm³/mol. The first-order valence-electron chi connectivity index (χ1n) is 12.4. The van der Waals surface area contributed by atoms with E-state index in [1.807, 2.05) is 0 Å². The largest absolute Gasteiger partial charge is 0.435 e. The third-order valence-electron chi connectivity index (χ3n) is 7.03. The fourth-order valence-electron chi connectivity index (χ4n) is 5.04. The third-order valence-corrected chi connectivity index (χ3v) is 7.03. The molecule has 0 aliphatic carbocycles. The highest BCUT2D eigenvalue weighted by molar-refractivity contribution is 5.93. The first kappa shape index (κ1) is 26.5. The summed E-state index contributed by atoms with van der Waals surface area (Å²) in [6.45, 7) is 5.14. The zero-order valence-corrected chi connectivity index (χ0v) is 21.1.